The van der Waals surface area contributed by atoms with Crippen molar-refractivity contribution < 1.29 is 4.79 Å². The van der Waals surface area contributed by atoms with Crippen LogP contribution in [0.5, 0.6) is 0 Å². The van der Waals surface area contributed by atoms with Crippen LogP contribution in [0.2, 0.25) is 0 Å². The number of rotatable bonds is 6. The van der Waals surface area contributed by atoms with Gasteiger partial charge in [0.25, 0.3) is 0 Å². The van der Waals surface area contributed by atoms with Gasteiger partial charge in [-0.3, -0.25) is 4.79 Å². The first-order valence-electron chi connectivity index (χ1n) is 8.28. The maximum Gasteiger partial charge on any atom is 0.243 e. The Balaban J connectivity index is 2.50. The number of likely N-dealkylation sites (N-methyl/N-ethyl adjacent to an activating group) is 1. The molecule has 122 valence electrons. The second-order valence-electron chi connectivity index (χ2n) is 6.29. The van der Waals surface area contributed by atoms with E-state index in [-0.39, 0.29) is 12.5 Å². The number of amides is 1. The van der Waals surface area contributed by atoms with Crippen LogP contribution in [0.25, 0.3) is 0 Å². The quantitative estimate of drug-likeness (QED) is 0.582. The highest BCUT2D eigenvalue weighted by molar-refractivity contribution is 5.84. The van der Waals surface area contributed by atoms with Crippen LogP contribution in [0.1, 0.15) is 52.4 Å². The monoisotopic (exact) mass is 296 g/mol. The van der Waals surface area contributed by atoms with Crippen molar-refractivity contribution in [1.29, 1.82) is 0 Å². The first-order chi connectivity index (χ1) is 10.0. The van der Waals surface area contributed by atoms with Crippen LogP contribution < -0.4 is 10.6 Å². The van der Waals surface area contributed by atoms with Gasteiger partial charge in [-0.1, -0.05) is 26.2 Å². The molecule has 0 aliphatic heterocycles. The summed E-state index contributed by atoms with van der Waals surface area (Å²) in [5.41, 5.74) is 0. The number of hydrogen-bond donors (Lipinski definition) is 2. The van der Waals surface area contributed by atoms with E-state index in [2.05, 4.69) is 29.5 Å². The van der Waals surface area contributed by atoms with Crippen LogP contribution in [0.3, 0.4) is 0 Å². The summed E-state index contributed by atoms with van der Waals surface area (Å²) in [5.74, 6) is 1.54. The van der Waals surface area contributed by atoms with E-state index in [1.54, 1.807) is 19.0 Å². The van der Waals surface area contributed by atoms with E-state index in [9.17, 15) is 4.79 Å². The number of nitrogens with one attached hydrogen (secondary N) is 2. The molecule has 0 radical (unpaired) electrons. The van der Waals surface area contributed by atoms with Gasteiger partial charge in [0.2, 0.25) is 5.91 Å². The molecule has 1 atom stereocenters. The second-order valence-corrected chi connectivity index (χ2v) is 6.29. The fourth-order valence-corrected chi connectivity index (χ4v) is 2.41. The largest absolute Gasteiger partial charge is 0.356 e. The van der Waals surface area contributed by atoms with E-state index in [4.69, 9.17) is 0 Å². The van der Waals surface area contributed by atoms with Crippen LogP contribution in [0, 0.1) is 5.92 Å². The molecule has 1 aliphatic rings. The third-order valence-electron chi connectivity index (χ3n) is 4.15. The Bertz CT molecular complexity index is 335. The first kappa shape index (κ1) is 17.8. The molecule has 0 heterocycles. The third kappa shape index (κ3) is 7.34. The van der Waals surface area contributed by atoms with Crippen LogP contribution in [0.15, 0.2) is 4.99 Å². The standard InChI is InChI=1S/C16H32N4O/c1-5-13(2)19-16(18-12-15(21)20(3)4)17-11-14-9-7-6-8-10-14/h13-14H,5-12H2,1-4H3,(H2,17,18,19). The molecule has 5 nitrogen and oxygen atoms in total. The van der Waals surface area contributed by atoms with Crippen molar-refractivity contribution in [3.05, 3.63) is 0 Å². The van der Waals surface area contributed by atoms with Crippen molar-refractivity contribution >= 4 is 11.9 Å². The van der Waals surface area contributed by atoms with Gasteiger partial charge in [-0.25, -0.2) is 4.99 Å². The average molecular weight is 296 g/mol. The van der Waals surface area contributed by atoms with E-state index < -0.39 is 0 Å². The summed E-state index contributed by atoms with van der Waals surface area (Å²) in [6.45, 7) is 5.43. The molecule has 2 N–H and O–H groups in total. The molecule has 0 bridgehead atoms. The van der Waals surface area contributed by atoms with Crippen molar-refractivity contribution in [3.63, 3.8) is 0 Å². The van der Waals surface area contributed by atoms with Crippen LogP contribution in [0.4, 0.5) is 0 Å². The number of hydrogen-bond acceptors (Lipinski definition) is 2. The first-order valence-corrected chi connectivity index (χ1v) is 8.28. The zero-order valence-corrected chi connectivity index (χ0v) is 14.1. The Kier molecular flexibility index (Phi) is 8.16. The van der Waals surface area contributed by atoms with Gasteiger partial charge in [-0.2, -0.15) is 0 Å². The number of carbonyl (C=O) groups excluding carboxylic acids is 1. The number of guanidine groups is 1. The lowest BCUT2D eigenvalue weighted by molar-refractivity contribution is -0.127. The SMILES string of the molecule is CCC(C)NC(=NCC(=O)N(C)C)NCC1CCCCC1. The molecular weight excluding hydrogens is 264 g/mol. The predicted octanol–water partition coefficient (Wildman–Crippen LogP) is 1.99. The van der Waals surface area contributed by atoms with Crippen molar-refractivity contribution in [1.82, 2.24) is 15.5 Å². The summed E-state index contributed by atoms with van der Waals surface area (Å²) in [5, 5.41) is 6.79. The van der Waals surface area contributed by atoms with Crippen LogP contribution in [-0.2, 0) is 4.79 Å². The Morgan fingerprint density at radius 2 is 1.95 bits per heavy atom. The van der Waals surface area contributed by atoms with Gasteiger partial charge in [0.1, 0.15) is 6.54 Å². The van der Waals surface area contributed by atoms with Gasteiger partial charge in [-0.15, -0.1) is 0 Å². The van der Waals surface area contributed by atoms with Crippen LogP contribution >= 0.6 is 0 Å². The molecule has 0 spiro atoms. The highest BCUT2D eigenvalue weighted by Gasteiger charge is 2.14. The highest BCUT2D eigenvalue weighted by atomic mass is 16.2. The third-order valence-corrected chi connectivity index (χ3v) is 4.15. The summed E-state index contributed by atoms with van der Waals surface area (Å²) in [4.78, 5) is 17.7. The van der Waals surface area contributed by atoms with Gasteiger partial charge in [-0.05, 0) is 32.1 Å². The molecule has 1 fully saturated rings. The summed E-state index contributed by atoms with van der Waals surface area (Å²) in [6, 6.07) is 0.358. The maximum absolute atomic E-state index is 11.7. The lowest BCUT2D eigenvalue weighted by atomic mass is 9.89. The zero-order valence-electron chi connectivity index (χ0n) is 14.1. The lowest BCUT2D eigenvalue weighted by Crippen LogP contribution is -2.44. The molecule has 5 heteroatoms. The molecule has 1 amide bonds. The molecule has 21 heavy (non-hydrogen) atoms. The average Bonchev–Trinajstić information content (AvgIpc) is 2.50. The molecular formula is C16H32N4O. The predicted molar refractivity (Wildman–Crippen MR) is 88.5 cm³/mol. The molecule has 1 unspecified atom stereocenters. The number of nitrogens with zero attached hydrogens (tertiary/aromatic N) is 2. The minimum atomic E-state index is 0.0258. The zero-order chi connectivity index (χ0) is 15.7. The van der Waals surface area contributed by atoms with Crippen molar-refractivity contribution in [2.75, 3.05) is 27.2 Å². The fourth-order valence-electron chi connectivity index (χ4n) is 2.41. The summed E-state index contributed by atoms with van der Waals surface area (Å²) in [6.07, 6.45) is 7.71. The summed E-state index contributed by atoms with van der Waals surface area (Å²) < 4.78 is 0. The summed E-state index contributed by atoms with van der Waals surface area (Å²) >= 11 is 0. The highest BCUT2D eigenvalue weighted by Crippen LogP contribution is 2.22. The van der Waals surface area contributed by atoms with Gasteiger partial charge in [0, 0.05) is 26.7 Å². The van der Waals surface area contributed by atoms with E-state index in [1.165, 1.54) is 32.1 Å². The van der Waals surface area contributed by atoms with Crippen molar-refractivity contribution in [3.8, 4) is 0 Å². The van der Waals surface area contributed by atoms with E-state index in [0.717, 1.165) is 24.8 Å². The van der Waals surface area contributed by atoms with Gasteiger partial charge in [0.15, 0.2) is 5.96 Å². The Morgan fingerprint density at radius 3 is 2.52 bits per heavy atom. The maximum atomic E-state index is 11.7. The molecule has 1 saturated carbocycles. The minimum Gasteiger partial charge on any atom is -0.356 e. The van der Waals surface area contributed by atoms with Gasteiger partial charge >= 0.3 is 0 Å². The fraction of sp³-hybridized carbons (Fsp3) is 0.875. The van der Waals surface area contributed by atoms with Crippen LogP contribution in [-0.4, -0.2) is 50.0 Å². The topological polar surface area (TPSA) is 56.7 Å². The molecule has 0 aromatic rings. The molecule has 1 rings (SSSR count). The van der Waals surface area contributed by atoms with Gasteiger partial charge in [0.05, 0.1) is 0 Å². The molecule has 0 aromatic heterocycles. The van der Waals surface area contributed by atoms with E-state index >= 15 is 0 Å². The molecule has 1 aliphatic carbocycles. The number of aliphatic imine (C=N–C) groups is 1. The number of carbonyl (C=O) groups is 1. The van der Waals surface area contributed by atoms with E-state index in [1.807, 2.05) is 0 Å². The second kappa shape index (κ2) is 9.64. The smallest absolute Gasteiger partial charge is 0.243 e. The Hall–Kier alpha value is -1.26. The minimum absolute atomic E-state index is 0.0258. The van der Waals surface area contributed by atoms with Gasteiger partial charge < -0.3 is 15.5 Å². The summed E-state index contributed by atoms with van der Waals surface area (Å²) in [7, 11) is 3.52. The van der Waals surface area contributed by atoms with Crippen molar-refractivity contribution in [2.45, 2.75) is 58.4 Å². The Labute approximate surface area is 129 Å². The Morgan fingerprint density at radius 1 is 1.29 bits per heavy atom. The molecule has 0 saturated heterocycles. The van der Waals surface area contributed by atoms with E-state index in [0.29, 0.717) is 6.04 Å². The lowest BCUT2D eigenvalue weighted by Gasteiger charge is -2.24. The van der Waals surface area contributed by atoms with Crippen molar-refractivity contribution in [2.24, 2.45) is 10.9 Å². The normalized spacial score (nSPS) is 18.2. The molecule has 0 aromatic carbocycles.